The second-order valence-electron chi connectivity index (χ2n) is 7.80. The van der Waals surface area contributed by atoms with Gasteiger partial charge in [0.25, 0.3) is 0 Å². The molecule has 3 rings (SSSR count). The molecule has 40 heavy (non-hydrogen) atoms. The number of halogens is 9. The Balaban J connectivity index is 1.79. The van der Waals surface area contributed by atoms with Gasteiger partial charge in [-0.05, 0) is 240 Å². The maximum atomic E-state index is 13.0. The molecule has 3 aromatic carbocycles. The van der Waals surface area contributed by atoms with Crippen LogP contribution in [-0.4, -0.2) is 37.5 Å². The van der Waals surface area contributed by atoms with Gasteiger partial charge in [-0.15, -0.1) is 0 Å². The minimum atomic E-state index is -0.579. The maximum Gasteiger partial charge on any atom is 0.367 e. The van der Waals surface area contributed by atoms with Crippen LogP contribution in [0.3, 0.4) is 0 Å². The zero-order valence-electron chi connectivity index (χ0n) is 19.4. The number of quaternary nitrogens is 1. The number of ether oxygens (including phenoxy) is 3. The Morgan fingerprint density at radius 2 is 0.650 bits per heavy atom. The molecule has 0 aromatic heterocycles. The van der Waals surface area contributed by atoms with Crippen molar-refractivity contribution in [2.75, 3.05) is 19.6 Å². The van der Waals surface area contributed by atoms with Crippen molar-refractivity contribution < 1.29 is 33.5 Å². The summed E-state index contributed by atoms with van der Waals surface area (Å²) in [7, 11) is 0. The number of benzene rings is 3. The number of carbonyl (C=O) groups excluding carboxylic acids is 3. The summed E-state index contributed by atoms with van der Waals surface area (Å²) in [5.74, 6) is -0.398. The van der Waals surface area contributed by atoms with E-state index in [2.05, 4.69) is 203 Å². The fraction of sp³-hybridized carbons (Fsp3) is 0.125. The van der Waals surface area contributed by atoms with Crippen molar-refractivity contribution in [2.45, 2.75) is 0 Å². The molecule has 3 aromatic rings. The van der Waals surface area contributed by atoms with Crippen LogP contribution in [-0.2, 0) is 14.4 Å². The Bertz CT molecular complexity index is 1240. The number of esters is 3. The van der Waals surface area contributed by atoms with Gasteiger partial charge >= 0.3 is 17.9 Å². The second-order valence-corrected chi connectivity index (χ2v) is 18.5. The first-order chi connectivity index (χ1) is 18.7. The summed E-state index contributed by atoms with van der Waals surface area (Å²) in [4.78, 5) is 39.4. The van der Waals surface area contributed by atoms with Gasteiger partial charge in [0.05, 0.1) is 21.4 Å². The summed E-state index contributed by atoms with van der Waals surface area (Å²) in [5.41, 5.74) is 0. The number of hydrogen-bond acceptors (Lipinski definition) is 6. The minimum absolute atomic E-state index is 0.246. The molecule has 1 N–H and O–H groups in total. The van der Waals surface area contributed by atoms with Crippen LogP contribution in [0.4, 0.5) is 0 Å². The first-order valence-electron chi connectivity index (χ1n) is 10.6. The van der Waals surface area contributed by atoms with Gasteiger partial charge in [-0.2, -0.15) is 0 Å². The van der Waals surface area contributed by atoms with Crippen molar-refractivity contribution in [3.05, 3.63) is 68.5 Å². The van der Waals surface area contributed by atoms with Gasteiger partial charge in [0.2, 0.25) is 0 Å². The van der Waals surface area contributed by atoms with E-state index >= 15 is 0 Å². The summed E-state index contributed by atoms with van der Waals surface area (Å²) in [6.45, 7) is -0.738. The van der Waals surface area contributed by atoms with E-state index in [0.717, 1.165) is 32.1 Å². The average Bonchev–Trinajstić information content (AvgIpc) is 2.81. The van der Waals surface area contributed by atoms with Gasteiger partial charge in [-0.1, -0.05) is 0 Å². The topological polar surface area (TPSA) is 83.3 Å². The molecule has 16 heteroatoms. The van der Waals surface area contributed by atoms with Crippen LogP contribution in [0, 0.1) is 32.1 Å². The normalized spacial score (nSPS) is 10.9. The summed E-state index contributed by atoms with van der Waals surface area (Å²) in [5, 5.41) is 0. The average molecular weight is 1550 g/mol. The molecule has 0 amide bonds. The molecule has 0 saturated heterocycles. The van der Waals surface area contributed by atoms with Crippen molar-refractivity contribution in [3.63, 3.8) is 0 Å². The summed E-state index contributed by atoms with van der Waals surface area (Å²) in [6.07, 6.45) is 0. The highest BCUT2D eigenvalue weighted by atomic mass is 127. The number of nitrogens with one attached hydrogen (secondary N) is 1. The molecule has 0 radical (unpaired) electrons. The summed E-state index contributed by atoms with van der Waals surface area (Å²) >= 11 is 19.3. The SMILES string of the molecule is O=C(C[NH+](CC(=O)Oc1c(I)cc(I)cc1I)CC(=O)Oc1c(I)cc(I)cc1I)Oc1c(I)cc(I)cc1I. The molecule has 0 bridgehead atoms. The Labute approximate surface area is 353 Å². The predicted octanol–water partition coefficient (Wildman–Crippen LogP) is 7.13. The Kier molecular flexibility index (Phi) is 16.2. The van der Waals surface area contributed by atoms with E-state index in [1.54, 1.807) is 0 Å². The molecule has 0 fully saturated rings. The highest BCUT2D eigenvalue weighted by Crippen LogP contribution is 2.31. The van der Waals surface area contributed by atoms with Crippen molar-refractivity contribution in [1.29, 1.82) is 0 Å². The van der Waals surface area contributed by atoms with Crippen LogP contribution in [0.25, 0.3) is 0 Å². The number of rotatable bonds is 9. The molecule has 212 valence electrons. The third-order valence-electron chi connectivity index (χ3n) is 4.72. The van der Waals surface area contributed by atoms with E-state index < -0.39 is 17.9 Å². The maximum absolute atomic E-state index is 13.0. The lowest BCUT2D eigenvalue weighted by atomic mass is 10.3. The largest absolute Gasteiger partial charge is 0.420 e. The van der Waals surface area contributed by atoms with Gasteiger partial charge in [-0.25, -0.2) is 14.4 Å². The van der Waals surface area contributed by atoms with Crippen LogP contribution in [0.5, 0.6) is 17.2 Å². The second kappa shape index (κ2) is 17.5. The molecular formula is C24H13I9NO6+. The Hall–Kier alpha value is 2.60. The first-order valence-corrected chi connectivity index (χ1v) is 20.3. The number of carbonyl (C=O) groups is 3. The van der Waals surface area contributed by atoms with Gasteiger partial charge in [0, 0.05) is 10.7 Å². The Morgan fingerprint density at radius 1 is 0.450 bits per heavy atom. The highest BCUT2D eigenvalue weighted by molar-refractivity contribution is 14.1. The molecule has 0 heterocycles. The molecule has 7 nitrogen and oxygen atoms in total. The summed E-state index contributed by atoms with van der Waals surface area (Å²) < 4.78 is 24.8. The Morgan fingerprint density at radius 3 is 0.850 bits per heavy atom. The lowest BCUT2D eigenvalue weighted by Gasteiger charge is -2.19. The van der Waals surface area contributed by atoms with Crippen molar-refractivity contribution >= 4 is 221 Å². The van der Waals surface area contributed by atoms with E-state index in [0.29, 0.717) is 22.1 Å². The third-order valence-corrected chi connectivity index (χ3v) is 11.4. The van der Waals surface area contributed by atoms with E-state index in [1.807, 2.05) is 36.4 Å². The molecule has 0 saturated carbocycles. The fourth-order valence-electron chi connectivity index (χ4n) is 3.13. The van der Waals surface area contributed by atoms with E-state index in [1.165, 1.54) is 0 Å². The van der Waals surface area contributed by atoms with E-state index in [4.69, 9.17) is 14.2 Å². The van der Waals surface area contributed by atoms with Gasteiger partial charge < -0.3 is 19.1 Å². The standard InChI is InChI=1S/C24H12I9NO6/c25-10-1-13(28)22(14(29)2-10)38-19(35)7-34(8-20(36)39-23-15(30)3-11(26)4-16(23)31)9-21(37)40-24-17(32)5-12(27)6-18(24)33/h1-6H,7-9H2/p+1. The zero-order valence-corrected chi connectivity index (χ0v) is 38.9. The van der Waals surface area contributed by atoms with Crippen LogP contribution in [0.1, 0.15) is 0 Å². The lowest BCUT2D eigenvalue weighted by Crippen LogP contribution is -3.15. The van der Waals surface area contributed by atoms with Crippen LogP contribution in [0.15, 0.2) is 36.4 Å². The van der Waals surface area contributed by atoms with Crippen molar-refractivity contribution in [1.82, 2.24) is 0 Å². The summed E-state index contributed by atoms with van der Waals surface area (Å²) in [6, 6.07) is 11.4. The van der Waals surface area contributed by atoms with Crippen LogP contribution >= 0.6 is 203 Å². The third kappa shape index (κ3) is 11.4. The highest BCUT2D eigenvalue weighted by Gasteiger charge is 2.27. The minimum Gasteiger partial charge on any atom is -0.420 e. The molecule has 0 unspecified atom stereocenters. The monoisotopic (exact) mass is 1550 g/mol. The smallest absolute Gasteiger partial charge is 0.367 e. The van der Waals surface area contributed by atoms with Gasteiger partial charge in [0.1, 0.15) is 0 Å². The molecular weight excluding hydrogens is 1540 g/mol. The first kappa shape index (κ1) is 37.1. The zero-order chi connectivity index (χ0) is 29.7. The number of hydrogen-bond donors (Lipinski definition) is 1. The van der Waals surface area contributed by atoms with E-state index in [9.17, 15) is 14.4 Å². The molecule has 0 aliphatic heterocycles. The quantitative estimate of drug-likeness (QED) is 0.140. The van der Waals surface area contributed by atoms with Crippen molar-refractivity contribution in [2.24, 2.45) is 0 Å². The molecule has 0 spiro atoms. The van der Waals surface area contributed by atoms with Gasteiger partial charge in [-0.3, -0.25) is 0 Å². The molecule has 0 atom stereocenters. The molecule has 0 aliphatic rings. The predicted molar refractivity (Wildman–Crippen MR) is 226 cm³/mol. The van der Waals surface area contributed by atoms with Gasteiger partial charge in [0.15, 0.2) is 36.9 Å². The lowest BCUT2D eigenvalue weighted by molar-refractivity contribution is -0.877. The molecule has 0 aliphatic carbocycles. The van der Waals surface area contributed by atoms with Crippen molar-refractivity contribution in [3.8, 4) is 17.2 Å². The van der Waals surface area contributed by atoms with Crippen LogP contribution < -0.4 is 19.1 Å². The fourth-order valence-corrected chi connectivity index (χ4v) is 14.5. The van der Waals surface area contributed by atoms with E-state index in [-0.39, 0.29) is 19.6 Å². The van der Waals surface area contributed by atoms with Crippen LogP contribution in [0.2, 0.25) is 0 Å².